The smallest absolute Gasteiger partial charge is 0.269 e. The fourth-order valence-corrected chi connectivity index (χ4v) is 0.403. The number of hydrogen-bond donors (Lipinski definition) is 0. The number of hydrogen-bond acceptors (Lipinski definition) is 4. The van der Waals surface area contributed by atoms with Crippen LogP contribution in [0.3, 0.4) is 0 Å². The van der Waals surface area contributed by atoms with E-state index < -0.39 is 11.6 Å². The van der Waals surface area contributed by atoms with Crippen molar-refractivity contribution in [1.82, 2.24) is 0 Å². The lowest BCUT2D eigenvalue weighted by atomic mass is 10.2. The molecule has 4 heteroatoms. The first kappa shape index (κ1) is 17.8. The highest BCUT2D eigenvalue weighted by Crippen LogP contribution is 2.07. The highest BCUT2D eigenvalue weighted by Gasteiger charge is 2.13. The molecule has 4 nitrogen and oxygen atoms in total. The number of unbranched alkanes of at least 4 members (excludes halogenated alkanes) is 1. The van der Waals surface area contributed by atoms with E-state index in [-0.39, 0.29) is 0 Å². The minimum absolute atomic E-state index is 0.341. The third-order valence-electron chi connectivity index (χ3n) is 1.37. The summed E-state index contributed by atoms with van der Waals surface area (Å²) in [6, 6.07) is 0. The summed E-state index contributed by atoms with van der Waals surface area (Å²) < 4.78 is 0. The highest BCUT2D eigenvalue weighted by atomic mass is 17.5. The van der Waals surface area contributed by atoms with Crippen molar-refractivity contribution in [1.29, 1.82) is 0 Å². The fraction of sp³-hybridized carbons (Fsp3) is 0.917. The van der Waals surface area contributed by atoms with E-state index in [1.54, 1.807) is 20.8 Å². The summed E-state index contributed by atoms with van der Waals surface area (Å²) in [6.45, 7) is 11.6. The van der Waals surface area contributed by atoms with Crippen molar-refractivity contribution in [2.75, 3.05) is 0 Å². The quantitative estimate of drug-likeness (QED) is 0.536. The van der Waals surface area contributed by atoms with Crippen LogP contribution in [0.1, 0.15) is 67.2 Å². The Balaban J connectivity index is 0. The minimum atomic E-state index is -0.466. The summed E-state index contributed by atoms with van der Waals surface area (Å²) in [6.07, 6.45) is 3.71. The first-order valence-corrected chi connectivity index (χ1v) is 5.92. The van der Waals surface area contributed by atoms with E-state index in [9.17, 15) is 4.79 Å². The zero-order valence-corrected chi connectivity index (χ0v) is 11.5. The molecule has 0 saturated heterocycles. The van der Waals surface area contributed by atoms with Crippen molar-refractivity contribution in [3.8, 4) is 0 Å². The molecule has 0 heterocycles. The zero-order chi connectivity index (χ0) is 13.0. The number of carbonyl (C=O) groups is 1. The molecule has 0 spiro atoms. The lowest BCUT2D eigenvalue weighted by Crippen LogP contribution is -2.20. The summed E-state index contributed by atoms with van der Waals surface area (Å²) in [5.74, 6) is -0.415. The minimum Gasteiger partial charge on any atom is -0.269 e. The Bertz CT molecular complexity index is 159. The van der Waals surface area contributed by atoms with Crippen molar-refractivity contribution in [3.05, 3.63) is 0 Å². The van der Waals surface area contributed by atoms with E-state index in [0.29, 0.717) is 6.42 Å². The average molecular weight is 234 g/mol. The van der Waals surface area contributed by atoms with Crippen LogP contribution in [0.2, 0.25) is 0 Å². The van der Waals surface area contributed by atoms with Gasteiger partial charge < -0.3 is 0 Å². The van der Waals surface area contributed by atoms with E-state index in [1.165, 1.54) is 12.8 Å². The lowest BCUT2D eigenvalue weighted by Gasteiger charge is -2.15. The van der Waals surface area contributed by atoms with Gasteiger partial charge in [-0.25, -0.2) is 4.79 Å². The molecular formula is C12H26O4. The monoisotopic (exact) mass is 234 g/mol. The summed E-state index contributed by atoms with van der Waals surface area (Å²) in [5, 5.41) is 4.26. The standard InChI is InChI=1S/C8H16O4.C4H10/c1-5-6-7(9)10-12-11-8(2,3)4;1-3-4-2/h5-6H2,1-4H3;3-4H2,1-2H3. The average Bonchev–Trinajstić information content (AvgIpc) is 2.16. The van der Waals surface area contributed by atoms with Gasteiger partial charge in [-0.2, -0.15) is 4.89 Å². The topological polar surface area (TPSA) is 44.8 Å². The van der Waals surface area contributed by atoms with Crippen LogP contribution in [0, 0.1) is 0 Å². The molecule has 0 saturated carbocycles. The van der Waals surface area contributed by atoms with Gasteiger partial charge in [0.15, 0.2) is 0 Å². The van der Waals surface area contributed by atoms with Crippen LogP contribution in [-0.2, 0) is 19.6 Å². The van der Waals surface area contributed by atoms with Crippen LogP contribution in [0.15, 0.2) is 0 Å². The van der Waals surface area contributed by atoms with Crippen LogP contribution in [0.4, 0.5) is 0 Å². The van der Waals surface area contributed by atoms with Crippen LogP contribution in [-0.4, -0.2) is 11.6 Å². The second-order valence-corrected chi connectivity index (χ2v) is 4.47. The van der Waals surface area contributed by atoms with Gasteiger partial charge in [-0.05, 0) is 32.2 Å². The Kier molecular flexibility index (Phi) is 12.1. The molecule has 0 rings (SSSR count). The van der Waals surface area contributed by atoms with Gasteiger partial charge in [0.1, 0.15) is 0 Å². The number of rotatable bonds is 5. The largest absolute Gasteiger partial charge is 0.345 e. The molecule has 0 aromatic carbocycles. The molecule has 0 aromatic rings. The molecular weight excluding hydrogens is 208 g/mol. The van der Waals surface area contributed by atoms with Crippen LogP contribution >= 0.6 is 0 Å². The Morgan fingerprint density at radius 1 is 1.00 bits per heavy atom. The first-order valence-electron chi connectivity index (χ1n) is 5.92. The maximum atomic E-state index is 10.7. The molecule has 0 atom stereocenters. The van der Waals surface area contributed by atoms with Crippen molar-refractivity contribution in [2.24, 2.45) is 0 Å². The van der Waals surface area contributed by atoms with E-state index >= 15 is 0 Å². The predicted molar refractivity (Wildman–Crippen MR) is 63.5 cm³/mol. The van der Waals surface area contributed by atoms with Gasteiger partial charge in [-0.1, -0.05) is 33.6 Å². The Hall–Kier alpha value is -0.610. The van der Waals surface area contributed by atoms with Gasteiger partial charge in [0.25, 0.3) is 0 Å². The highest BCUT2D eigenvalue weighted by molar-refractivity contribution is 5.68. The van der Waals surface area contributed by atoms with E-state index in [1.807, 2.05) is 6.92 Å². The second kappa shape index (κ2) is 10.9. The molecule has 0 bridgehead atoms. The van der Waals surface area contributed by atoms with Gasteiger partial charge in [-0.15, -0.1) is 0 Å². The first-order chi connectivity index (χ1) is 7.37. The molecule has 16 heavy (non-hydrogen) atoms. The van der Waals surface area contributed by atoms with Gasteiger partial charge in [0.2, 0.25) is 0 Å². The normalized spacial score (nSPS) is 10.4. The van der Waals surface area contributed by atoms with Crippen LogP contribution in [0.5, 0.6) is 0 Å². The van der Waals surface area contributed by atoms with E-state index in [0.717, 1.165) is 6.42 Å². The third kappa shape index (κ3) is 19.0. The second-order valence-electron chi connectivity index (χ2n) is 4.47. The van der Waals surface area contributed by atoms with Crippen molar-refractivity contribution < 1.29 is 19.6 Å². The van der Waals surface area contributed by atoms with Crippen LogP contribution in [0.25, 0.3) is 0 Å². The van der Waals surface area contributed by atoms with Gasteiger partial charge in [0.05, 0.1) is 5.60 Å². The molecule has 0 radical (unpaired) electrons. The van der Waals surface area contributed by atoms with Gasteiger partial charge >= 0.3 is 5.97 Å². The predicted octanol–water partition coefficient (Wildman–Crippen LogP) is 3.80. The Morgan fingerprint density at radius 2 is 1.50 bits per heavy atom. The molecule has 0 aromatic heterocycles. The number of carbonyl (C=O) groups excluding carboxylic acids is 1. The summed E-state index contributed by atoms with van der Waals surface area (Å²) in [7, 11) is 0. The van der Waals surface area contributed by atoms with Crippen LogP contribution < -0.4 is 0 Å². The van der Waals surface area contributed by atoms with Gasteiger partial charge in [0, 0.05) is 6.42 Å². The molecule has 0 aliphatic carbocycles. The van der Waals surface area contributed by atoms with E-state index in [4.69, 9.17) is 4.89 Å². The molecule has 0 fully saturated rings. The summed E-state index contributed by atoms with van der Waals surface area (Å²) in [4.78, 5) is 19.7. The summed E-state index contributed by atoms with van der Waals surface area (Å²) >= 11 is 0. The molecule has 0 N–H and O–H groups in total. The van der Waals surface area contributed by atoms with Crippen molar-refractivity contribution in [3.63, 3.8) is 0 Å². The Morgan fingerprint density at radius 3 is 1.81 bits per heavy atom. The molecule has 0 aliphatic heterocycles. The van der Waals surface area contributed by atoms with Gasteiger partial charge in [-0.3, -0.25) is 4.89 Å². The fourth-order valence-electron chi connectivity index (χ4n) is 0.403. The molecule has 0 amide bonds. The maximum absolute atomic E-state index is 10.7. The van der Waals surface area contributed by atoms with E-state index in [2.05, 4.69) is 23.8 Å². The maximum Gasteiger partial charge on any atom is 0.345 e. The van der Waals surface area contributed by atoms with Crippen molar-refractivity contribution in [2.45, 2.75) is 72.8 Å². The SMILES string of the molecule is CCCC.CCCC(=O)OOOC(C)(C)C. The molecule has 0 unspecified atom stereocenters. The summed E-state index contributed by atoms with van der Waals surface area (Å²) in [5.41, 5.74) is -0.466. The Labute approximate surface area is 99.1 Å². The molecule has 0 aliphatic rings. The lowest BCUT2D eigenvalue weighted by molar-refractivity contribution is -0.514. The third-order valence-corrected chi connectivity index (χ3v) is 1.37. The molecule has 98 valence electrons. The van der Waals surface area contributed by atoms with Crippen molar-refractivity contribution >= 4 is 5.97 Å². The zero-order valence-electron chi connectivity index (χ0n) is 11.5.